The van der Waals surface area contributed by atoms with Gasteiger partial charge in [-0.2, -0.15) is 4.98 Å². The maximum Gasteiger partial charge on any atom is 0.231 e. The van der Waals surface area contributed by atoms with Crippen molar-refractivity contribution in [3.63, 3.8) is 0 Å². The molecule has 0 spiro atoms. The number of hydrogen-bond acceptors (Lipinski definition) is 5. The maximum absolute atomic E-state index is 12.6. The monoisotopic (exact) mass is 355 g/mol. The lowest BCUT2D eigenvalue weighted by molar-refractivity contribution is -0.130. The van der Waals surface area contributed by atoms with E-state index >= 15 is 0 Å². The van der Waals surface area contributed by atoms with Crippen molar-refractivity contribution >= 4 is 5.91 Å². The van der Waals surface area contributed by atoms with Crippen LogP contribution >= 0.6 is 0 Å². The van der Waals surface area contributed by atoms with E-state index in [1.165, 1.54) is 5.56 Å². The lowest BCUT2D eigenvalue weighted by atomic mass is 9.97. The van der Waals surface area contributed by atoms with Gasteiger partial charge in [-0.15, -0.1) is 0 Å². The van der Waals surface area contributed by atoms with Crippen molar-refractivity contribution in [2.24, 2.45) is 5.92 Å². The standard InChI is InChI=1S/C20H25N3O3/c24-13-16-11-23(18(25)8-4-7-14-5-2-1-3-6-14)12-17(16)20-21-19(22-26-20)15-9-10-15/h1-3,5-6,15-17,24H,4,7-13H2/t16-,17+/m0/s1. The summed E-state index contributed by atoms with van der Waals surface area (Å²) in [5, 5.41) is 13.8. The van der Waals surface area contributed by atoms with Gasteiger partial charge in [0.05, 0.1) is 5.92 Å². The van der Waals surface area contributed by atoms with E-state index in [1.54, 1.807) is 0 Å². The number of likely N-dealkylation sites (tertiary alicyclic amines) is 1. The average Bonchev–Trinajstić information content (AvgIpc) is 3.24. The highest BCUT2D eigenvalue weighted by Gasteiger charge is 2.40. The van der Waals surface area contributed by atoms with Gasteiger partial charge in [0.25, 0.3) is 0 Å². The van der Waals surface area contributed by atoms with E-state index in [1.807, 2.05) is 23.1 Å². The van der Waals surface area contributed by atoms with E-state index in [2.05, 4.69) is 22.3 Å². The Morgan fingerprint density at radius 1 is 1.23 bits per heavy atom. The molecule has 1 aromatic carbocycles. The van der Waals surface area contributed by atoms with Crippen molar-refractivity contribution in [1.82, 2.24) is 15.0 Å². The summed E-state index contributed by atoms with van der Waals surface area (Å²) in [6.07, 6.45) is 4.51. The SMILES string of the molecule is O=C(CCCc1ccccc1)N1C[C@@H](CO)[C@H](c2nc(C3CC3)no2)C1. The van der Waals surface area contributed by atoms with Crippen molar-refractivity contribution < 1.29 is 14.4 Å². The third-order valence-electron chi connectivity index (χ3n) is 5.44. The van der Waals surface area contributed by atoms with Crippen molar-refractivity contribution in [3.05, 3.63) is 47.6 Å². The minimum absolute atomic E-state index is 0.0272. The Kier molecular flexibility index (Phi) is 5.02. The van der Waals surface area contributed by atoms with Crippen LogP contribution < -0.4 is 0 Å². The van der Waals surface area contributed by atoms with Crippen LogP contribution in [0.15, 0.2) is 34.9 Å². The lowest BCUT2D eigenvalue weighted by Crippen LogP contribution is -2.29. The molecule has 6 heteroatoms. The first-order valence-electron chi connectivity index (χ1n) is 9.50. The highest BCUT2D eigenvalue weighted by molar-refractivity contribution is 5.76. The van der Waals surface area contributed by atoms with E-state index in [-0.39, 0.29) is 24.3 Å². The fourth-order valence-electron chi connectivity index (χ4n) is 3.69. The molecule has 26 heavy (non-hydrogen) atoms. The molecule has 1 aliphatic heterocycles. The highest BCUT2D eigenvalue weighted by Crippen LogP contribution is 2.39. The number of benzene rings is 1. The molecule has 1 N–H and O–H groups in total. The van der Waals surface area contributed by atoms with Crippen LogP contribution in [0.5, 0.6) is 0 Å². The number of rotatable bonds is 7. The molecule has 1 saturated carbocycles. The van der Waals surface area contributed by atoms with Gasteiger partial charge in [-0.05, 0) is 31.2 Å². The molecule has 2 aliphatic rings. The fourth-order valence-corrected chi connectivity index (χ4v) is 3.69. The van der Waals surface area contributed by atoms with E-state index in [4.69, 9.17) is 4.52 Å². The van der Waals surface area contributed by atoms with Crippen molar-refractivity contribution in [2.75, 3.05) is 19.7 Å². The zero-order valence-corrected chi connectivity index (χ0v) is 14.9. The molecule has 4 rings (SSSR count). The summed E-state index contributed by atoms with van der Waals surface area (Å²) in [6, 6.07) is 10.2. The second kappa shape index (κ2) is 7.58. The molecule has 2 atom stereocenters. The van der Waals surface area contributed by atoms with Gasteiger partial charge in [0.1, 0.15) is 0 Å². The fraction of sp³-hybridized carbons (Fsp3) is 0.550. The van der Waals surface area contributed by atoms with Crippen LogP contribution in [0.25, 0.3) is 0 Å². The topological polar surface area (TPSA) is 79.5 Å². The second-order valence-electron chi connectivity index (χ2n) is 7.45. The predicted octanol–water partition coefficient (Wildman–Crippen LogP) is 2.50. The number of amides is 1. The molecule has 1 saturated heterocycles. The summed E-state index contributed by atoms with van der Waals surface area (Å²) >= 11 is 0. The molecule has 1 amide bonds. The quantitative estimate of drug-likeness (QED) is 0.825. The number of hydrogen-bond donors (Lipinski definition) is 1. The third-order valence-corrected chi connectivity index (χ3v) is 5.44. The number of aryl methyl sites for hydroxylation is 1. The van der Waals surface area contributed by atoms with Gasteiger partial charge in [0, 0.05) is 38.0 Å². The summed E-state index contributed by atoms with van der Waals surface area (Å²) in [7, 11) is 0. The van der Waals surface area contributed by atoms with Crippen LogP contribution in [0.1, 0.15) is 54.8 Å². The number of aromatic nitrogens is 2. The van der Waals surface area contributed by atoms with E-state index in [9.17, 15) is 9.90 Å². The Labute approximate surface area is 153 Å². The largest absolute Gasteiger partial charge is 0.396 e. The molecule has 2 heterocycles. The van der Waals surface area contributed by atoms with Gasteiger partial charge in [-0.3, -0.25) is 4.79 Å². The summed E-state index contributed by atoms with van der Waals surface area (Å²) < 4.78 is 5.44. The van der Waals surface area contributed by atoms with E-state index in [0.29, 0.717) is 31.3 Å². The molecular formula is C20H25N3O3. The Morgan fingerprint density at radius 2 is 2.04 bits per heavy atom. The van der Waals surface area contributed by atoms with Gasteiger partial charge in [-0.25, -0.2) is 0 Å². The zero-order chi connectivity index (χ0) is 17.9. The van der Waals surface area contributed by atoms with Crippen molar-refractivity contribution in [2.45, 2.75) is 43.9 Å². The van der Waals surface area contributed by atoms with Gasteiger partial charge in [0.15, 0.2) is 5.82 Å². The van der Waals surface area contributed by atoms with Crippen LogP contribution in [0.2, 0.25) is 0 Å². The first-order valence-corrected chi connectivity index (χ1v) is 9.50. The van der Waals surface area contributed by atoms with Crippen molar-refractivity contribution in [3.8, 4) is 0 Å². The van der Waals surface area contributed by atoms with E-state index in [0.717, 1.165) is 31.5 Å². The van der Waals surface area contributed by atoms with Crippen LogP contribution in [0.4, 0.5) is 0 Å². The maximum atomic E-state index is 12.6. The number of nitrogens with zero attached hydrogens (tertiary/aromatic N) is 3. The lowest BCUT2D eigenvalue weighted by Gasteiger charge is -2.15. The summed E-state index contributed by atoms with van der Waals surface area (Å²) in [5.74, 6) is 1.86. The molecule has 1 aromatic heterocycles. The van der Waals surface area contributed by atoms with Crippen LogP contribution in [-0.4, -0.2) is 45.8 Å². The summed E-state index contributed by atoms with van der Waals surface area (Å²) in [5.41, 5.74) is 1.26. The van der Waals surface area contributed by atoms with Gasteiger partial charge in [-0.1, -0.05) is 35.5 Å². The van der Waals surface area contributed by atoms with E-state index < -0.39 is 0 Å². The highest BCUT2D eigenvalue weighted by atomic mass is 16.5. The Hall–Kier alpha value is -2.21. The van der Waals surface area contributed by atoms with Crippen LogP contribution in [0, 0.1) is 5.92 Å². The van der Waals surface area contributed by atoms with Crippen molar-refractivity contribution in [1.29, 1.82) is 0 Å². The molecule has 6 nitrogen and oxygen atoms in total. The first kappa shape index (κ1) is 17.2. The Bertz CT molecular complexity index is 742. The third kappa shape index (κ3) is 3.80. The average molecular weight is 355 g/mol. The Balaban J connectivity index is 1.32. The molecule has 138 valence electrons. The van der Waals surface area contributed by atoms with Crippen LogP contribution in [0.3, 0.4) is 0 Å². The predicted molar refractivity (Wildman–Crippen MR) is 95.5 cm³/mol. The molecule has 1 aliphatic carbocycles. The molecular weight excluding hydrogens is 330 g/mol. The molecule has 0 radical (unpaired) electrons. The molecule has 2 fully saturated rings. The minimum Gasteiger partial charge on any atom is -0.396 e. The first-order chi connectivity index (χ1) is 12.7. The second-order valence-corrected chi connectivity index (χ2v) is 7.45. The summed E-state index contributed by atoms with van der Waals surface area (Å²) in [6.45, 7) is 1.15. The Morgan fingerprint density at radius 3 is 2.77 bits per heavy atom. The van der Waals surface area contributed by atoms with Gasteiger partial charge >= 0.3 is 0 Å². The summed E-state index contributed by atoms with van der Waals surface area (Å²) in [4.78, 5) is 18.9. The number of carbonyl (C=O) groups excluding carboxylic acids is 1. The number of aliphatic hydroxyl groups is 1. The van der Waals surface area contributed by atoms with Crippen LogP contribution in [-0.2, 0) is 11.2 Å². The smallest absolute Gasteiger partial charge is 0.231 e. The van der Waals surface area contributed by atoms with Gasteiger partial charge in [0.2, 0.25) is 11.8 Å². The minimum atomic E-state index is -0.0573. The molecule has 0 bridgehead atoms. The zero-order valence-electron chi connectivity index (χ0n) is 14.9. The molecule has 0 unspecified atom stereocenters. The molecule has 2 aromatic rings. The van der Waals surface area contributed by atoms with Gasteiger partial charge < -0.3 is 14.5 Å². The number of carbonyl (C=O) groups is 1. The number of aliphatic hydroxyl groups excluding tert-OH is 1. The normalized spacial score (nSPS) is 22.7.